The van der Waals surface area contributed by atoms with E-state index in [-0.39, 0.29) is 12.5 Å². The molecule has 0 atom stereocenters. The Kier molecular flexibility index (Phi) is 3.72. The molecule has 76 valence electrons. The number of nitrogens with zero attached hydrogens (tertiary/aromatic N) is 1. The maximum atomic E-state index is 10.8. The number of esters is 1. The number of hydrogen-bond acceptors (Lipinski definition) is 5. The van der Waals surface area contributed by atoms with E-state index in [1.165, 1.54) is 7.11 Å². The van der Waals surface area contributed by atoms with Gasteiger partial charge in [-0.05, 0) is 12.1 Å². The number of carbonyl (C=O) groups excluding carboxylic acids is 1. The van der Waals surface area contributed by atoms with Crippen LogP contribution in [0.5, 0.6) is 0 Å². The largest absolute Gasteiger partial charge is 0.468 e. The molecular formula is C9H13N3O2. The highest BCUT2D eigenvalue weighted by Crippen LogP contribution is 2.07. The van der Waals surface area contributed by atoms with Crippen LogP contribution in [0, 0.1) is 0 Å². The van der Waals surface area contributed by atoms with Gasteiger partial charge < -0.3 is 15.4 Å². The highest BCUT2D eigenvalue weighted by atomic mass is 16.5. The summed E-state index contributed by atoms with van der Waals surface area (Å²) in [5, 5.41) is 5.75. The smallest absolute Gasteiger partial charge is 0.325 e. The molecule has 0 radical (unpaired) electrons. The minimum atomic E-state index is -0.318. The van der Waals surface area contributed by atoms with Crippen molar-refractivity contribution in [1.29, 1.82) is 0 Å². The van der Waals surface area contributed by atoms with E-state index in [9.17, 15) is 4.79 Å². The van der Waals surface area contributed by atoms with E-state index in [0.717, 1.165) is 5.82 Å². The summed E-state index contributed by atoms with van der Waals surface area (Å²) in [4.78, 5) is 15.0. The van der Waals surface area contributed by atoms with Gasteiger partial charge in [-0.1, -0.05) is 6.07 Å². The highest BCUT2D eigenvalue weighted by Gasteiger charge is 2.00. The summed E-state index contributed by atoms with van der Waals surface area (Å²) in [6.45, 7) is 0.122. The zero-order valence-corrected chi connectivity index (χ0v) is 8.20. The minimum absolute atomic E-state index is 0.122. The third-order valence-corrected chi connectivity index (χ3v) is 1.65. The number of methoxy groups -OCH3 is 1. The number of hydrogen-bond donors (Lipinski definition) is 2. The summed E-state index contributed by atoms with van der Waals surface area (Å²) >= 11 is 0. The summed E-state index contributed by atoms with van der Waals surface area (Å²) in [5.74, 6) is 1.07. The van der Waals surface area contributed by atoms with Gasteiger partial charge in [0.2, 0.25) is 0 Å². The lowest BCUT2D eigenvalue weighted by Crippen LogP contribution is -2.15. The van der Waals surface area contributed by atoms with Gasteiger partial charge in [-0.25, -0.2) is 4.98 Å². The quantitative estimate of drug-likeness (QED) is 0.693. The van der Waals surface area contributed by atoms with Gasteiger partial charge >= 0.3 is 5.97 Å². The molecule has 0 saturated heterocycles. The molecule has 1 aromatic rings. The predicted octanol–water partition coefficient (Wildman–Crippen LogP) is 0.708. The maximum Gasteiger partial charge on any atom is 0.325 e. The van der Waals surface area contributed by atoms with Gasteiger partial charge in [-0.2, -0.15) is 0 Å². The molecule has 0 aromatic carbocycles. The molecule has 14 heavy (non-hydrogen) atoms. The average Bonchev–Trinajstić information content (AvgIpc) is 2.26. The van der Waals surface area contributed by atoms with Crippen LogP contribution in [0.4, 0.5) is 11.6 Å². The molecule has 0 spiro atoms. The van der Waals surface area contributed by atoms with Gasteiger partial charge in [-0.15, -0.1) is 0 Å². The molecule has 0 aliphatic heterocycles. The maximum absolute atomic E-state index is 10.8. The van der Waals surface area contributed by atoms with Crippen molar-refractivity contribution in [3.8, 4) is 0 Å². The fourth-order valence-corrected chi connectivity index (χ4v) is 0.907. The van der Waals surface area contributed by atoms with Crippen molar-refractivity contribution < 1.29 is 9.53 Å². The lowest BCUT2D eigenvalue weighted by molar-refractivity contribution is -0.138. The van der Waals surface area contributed by atoms with Crippen LogP contribution >= 0.6 is 0 Å². The number of rotatable bonds is 4. The molecule has 0 saturated carbocycles. The number of pyridine rings is 1. The molecule has 0 amide bonds. The fraction of sp³-hybridized carbons (Fsp3) is 0.333. The van der Waals surface area contributed by atoms with E-state index in [1.54, 1.807) is 13.1 Å². The Hall–Kier alpha value is -1.78. The van der Waals surface area contributed by atoms with Gasteiger partial charge in [0, 0.05) is 7.05 Å². The van der Waals surface area contributed by atoms with E-state index in [0.29, 0.717) is 5.82 Å². The predicted molar refractivity (Wildman–Crippen MR) is 54.3 cm³/mol. The fourth-order valence-electron chi connectivity index (χ4n) is 0.907. The summed E-state index contributed by atoms with van der Waals surface area (Å²) in [5.41, 5.74) is 0. The Morgan fingerprint density at radius 2 is 2.21 bits per heavy atom. The van der Waals surface area contributed by atoms with E-state index < -0.39 is 0 Å². The highest BCUT2D eigenvalue weighted by molar-refractivity contribution is 5.74. The number of aromatic nitrogens is 1. The number of ether oxygens (including phenoxy) is 1. The lowest BCUT2D eigenvalue weighted by atomic mass is 10.4. The van der Waals surface area contributed by atoms with E-state index in [2.05, 4.69) is 20.4 Å². The molecule has 0 aliphatic rings. The first-order valence-corrected chi connectivity index (χ1v) is 4.21. The Balaban J connectivity index is 2.54. The molecule has 1 rings (SSSR count). The monoisotopic (exact) mass is 195 g/mol. The topological polar surface area (TPSA) is 63.2 Å². The Morgan fingerprint density at radius 1 is 1.50 bits per heavy atom. The Labute approximate surface area is 82.5 Å². The van der Waals surface area contributed by atoms with Crippen molar-refractivity contribution in [1.82, 2.24) is 4.98 Å². The molecule has 1 aromatic heterocycles. The zero-order chi connectivity index (χ0) is 10.4. The van der Waals surface area contributed by atoms with Crippen LogP contribution in [0.25, 0.3) is 0 Å². The molecule has 0 fully saturated rings. The molecule has 0 unspecified atom stereocenters. The van der Waals surface area contributed by atoms with Gasteiger partial charge in [0.25, 0.3) is 0 Å². The molecule has 0 aliphatic carbocycles. The van der Waals surface area contributed by atoms with Crippen molar-refractivity contribution in [3.05, 3.63) is 18.2 Å². The third kappa shape index (κ3) is 2.93. The normalized spacial score (nSPS) is 9.29. The molecule has 2 N–H and O–H groups in total. The summed E-state index contributed by atoms with van der Waals surface area (Å²) in [7, 11) is 3.13. The van der Waals surface area contributed by atoms with Crippen LogP contribution in [-0.2, 0) is 9.53 Å². The van der Waals surface area contributed by atoms with Crippen LogP contribution in [-0.4, -0.2) is 31.7 Å². The van der Waals surface area contributed by atoms with E-state index in [1.807, 2.05) is 12.1 Å². The van der Waals surface area contributed by atoms with Gasteiger partial charge in [0.1, 0.15) is 18.2 Å². The first-order valence-electron chi connectivity index (χ1n) is 4.21. The molecule has 5 nitrogen and oxygen atoms in total. The average molecular weight is 195 g/mol. The number of carbonyl (C=O) groups is 1. The standard InChI is InChI=1S/C9H13N3O2/c1-10-7-4-3-5-8(12-7)11-6-9(13)14-2/h3-5H,6H2,1-2H3,(H2,10,11,12). The van der Waals surface area contributed by atoms with Gasteiger partial charge in [0.05, 0.1) is 7.11 Å². The zero-order valence-electron chi connectivity index (χ0n) is 8.20. The summed E-state index contributed by atoms with van der Waals surface area (Å²) in [6, 6.07) is 5.46. The SMILES string of the molecule is CNc1cccc(NCC(=O)OC)n1. The second-order valence-electron chi connectivity index (χ2n) is 2.59. The second kappa shape index (κ2) is 5.06. The first-order chi connectivity index (χ1) is 6.76. The van der Waals surface area contributed by atoms with Crippen molar-refractivity contribution in [2.75, 3.05) is 31.3 Å². The van der Waals surface area contributed by atoms with E-state index in [4.69, 9.17) is 0 Å². The molecular weight excluding hydrogens is 182 g/mol. The van der Waals surface area contributed by atoms with Crippen molar-refractivity contribution in [2.24, 2.45) is 0 Å². The van der Waals surface area contributed by atoms with Crippen LogP contribution in [0.3, 0.4) is 0 Å². The van der Waals surface area contributed by atoms with Crippen molar-refractivity contribution in [3.63, 3.8) is 0 Å². The summed E-state index contributed by atoms with van der Waals surface area (Å²) in [6.07, 6.45) is 0. The van der Waals surface area contributed by atoms with Crippen molar-refractivity contribution >= 4 is 17.6 Å². The number of nitrogens with one attached hydrogen (secondary N) is 2. The lowest BCUT2D eigenvalue weighted by Gasteiger charge is -2.05. The Bertz CT molecular complexity index is 315. The number of anilines is 2. The molecule has 1 heterocycles. The molecule has 5 heteroatoms. The van der Waals surface area contributed by atoms with Gasteiger partial charge in [0.15, 0.2) is 0 Å². The molecule has 0 bridgehead atoms. The van der Waals surface area contributed by atoms with Crippen LogP contribution in [0.2, 0.25) is 0 Å². The third-order valence-electron chi connectivity index (χ3n) is 1.65. The van der Waals surface area contributed by atoms with Crippen molar-refractivity contribution in [2.45, 2.75) is 0 Å². The van der Waals surface area contributed by atoms with E-state index >= 15 is 0 Å². The summed E-state index contributed by atoms with van der Waals surface area (Å²) < 4.78 is 4.48. The van der Waals surface area contributed by atoms with Gasteiger partial charge in [-0.3, -0.25) is 4.79 Å². The minimum Gasteiger partial charge on any atom is -0.468 e. The van der Waals surface area contributed by atoms with Crippen LogP contribution in [0.1, 0.15) is 0 Å². The van der Waals surface area contributed by atoms with Crippen LogP contribution < -0.4 is 10.6 Å². The van der Waals surface area contributed by atoms with Crippen LogP contribution in [0.15, 0.2) is 18.2 Å². The second-order valence-corrected chi connectivity index (χ2v) is 2.59. The first kappa shape index (κ1) is 10.3. The Morgan fingerprint density at radius 3 is 2.86 bits per heavy atom.